The van der Waals surface area contributed by atoms with Crippen LogP contribution in [-0.2, 0) is 26.0 Å². The summed E-state index contributed by atoms with van der Waals surface area (Å²) in [5, 5.41) is 6.84. The number of sulfone groups is 1. The summed E-state index contributed by atoms with van der Waals surface area (Å²) >= 11 is 0. The van der Waals surface area contributed by atoms with E-state index in [1.165, 1.54) is 0 Å². The number of rotatable bonds is 4. The molecule has 2 atom stereocenters. The van der Waals surface area contributed by atoms with Crippen LogP contribution in [0.3, 0.4) is 0 Å². The highest BCUT2D eigenvalue weighted by atomic mass is 32.2. The van der Waals surface area contributed by atoms with Crippen LogP contribution >= 0.6 is 0 Å². The van der Waals surface area contributed by atoms with Gasteiger partial charge in [0.25, 0.3) is 5.91 Å². The van der Waals surface area contributed by atoms with Gasteiger partial charge >= 0.3 is 0 Å². The van der Waals surface area contributed by atoms with Gasteiger partial charge in [0.05, 0.1) is 22.9 Å². The Bertz CT molecular complexity index is 903. The first kappa shape index (κ1) is 19.3. The van der Waals surface area contributed by atoms with Crippen LogP contribution in [0.2, 0.25) is 0 Å². The number of likely N-dealkylation sites (tertiary alicyclic amines) is 1. The molecule has 3 aliphatic rings. The molecule has 2 saturated heterocycles. The molecule has 0 aromatic carbocycles. The van der Waals surface area contributed by atoms with Crippen molar-refractivity contribution in [2.75, 3.05) is 24.6 Å². The van der Waals surface area contributed by atoms with Crippen molar-refractivity contribution in [2.24, 2.45) is 5.16 Å². The van der Waals surface area contributed by atoms with Gasteiger partial charge in [0, 0.05) is 37.9 Å². The number of piperidine rings is 1. The van der Waals surface area contributed by atoms with Crippen LogP contribution in [0.5, 0.6) is 0 Å². The van der Waals surface area contributed by atoms with Crippen molar-refractivity contribution in [1.29, 1.82) is 0 Å². The Morgan fingerprint density at radius 1 is 1.43 bits per heavy atom. The molecule has 152 valence electrons. The molecule has 1 amide bonds. The minimum Gasteiger partial charge on any atom is -0.387 e. The van der Waals surface area contributed by atoms with Gasteiger partial charge in [0.2, 0.25) is 0 Å². The third-order valence-corrected chi connectivity index (χ3v) is 7.25. The number of amides is 1. The molecule has 0 aliphatic carbocycles. The normalized spacial score (nSPS) is 29.5. The Labute approximate surface area is 164 Å². The molecule has 4 rings (SSSR count). The van der Waals surface area contributed by atoms with E-state index in [0.717, 1.165) is 30.8 Å². The topological polar surface area (TPSA) is 114 Å². The second-order valence-corrected chi connectivity index (χ2v) is 10.3. The summed E-state index contributed by atoms with van der Waals surface area (Å²) < 4.78 is 23.1. The highest BCUT2D eigenvalue weighted by Crippen LogP contribution is 2.34. The molecule has 10 heteroatoms. The molecule has 3 aliphatic heterocycles. The number of nitrogens with one attached hydrogen (secondary N) is 1. The number of aryl methyl sites for hydroxylation is 1. The molecule has 28 heavy (non-hydrogen) atoms. The summed E-state index contributed by atoms with van der Waals surface area (Å²) in [6.07, 6.45) is 6.18. The van der Waals surface area contributed by atoms with Crippen LogP contribution in [0, 0.1) is 6.92 Å². The first-order valence-electron chi connectivity index (χ1n) is 9.59. The molecule has 2 fully saturated rings. The largest absolute Gasteiger partial charge is 0.387 e. The van der Waals surface area contributed by atoms with E-state index in [-0.39, 0.29) is 23.5 Å². The van der Waals surface area contributed by atoms with Gasteiger partial charge in [-0.3, -0.25) is 19.7 Å². The van der Waals surface area contributed by atoms with Crippen molar-refractivity contribution in [3.63, 3.8) is 0 Å². The SMILES string of the molecule is Cc1cncc(CN2CCC[C@]3(CC(C(=O)N[C@@H]4CCS(=O)(=O)C4)=NO3)C2)n1. The third kappa shape index (κ3) is 4.33. The van der Waals surface area contributed by atoms with Gasteiger partial charge in [-0.1, -0.05) is 5.16 Å². The Morgan fingerprint density at radius 3 is 3.04 bits per heavy atom. The molecule has 4 heterocycles. The predicted molar refractivity (Wildman–Crippen MR) is 102 cm³/mol. The Balaban J connectivity index is 1.34. The zero-order valence-electron chi connectivity index (χ0n) is 15.9. The lowest BCUT2D eigenvalue weighted by Crippen LogP contribution is -2.49. The summed E-state index contributed by atoms with van der Waals surface area (Å²) in [6, 6.07) is -0.334. The molecule has 9 nitrogen and oxygen atoms in total. The maximum absolute atomic E-state index is 12.5. The lowest BCUT2D eigenvalue weighted by Gasteiger charge is -2.38. The smallest absolute Gasteiger partial charge is 0.269 e. The Morgan fingerprint density at radius 2 is 2.29 bits per heavy atom. The summed E-state index contributed by atoms with van der Waals surface area (Å²) in [5.41, 5.74) is 1.65. The van der Waals surface area contributed by atoms with Crippen molar-refractivity contribution < 1.29 is 18.0 Å². The van der Waals surface area contributed by atoms with Crippen LogP contribution in [0.15, 0.2) is 17.5 Å². The van der Waals surface area contributed by atoms with E-state index in [9.17, 15) is 13.2 Å². The van der Waals surface area contributed by atoms with Crippen molar-refractivity contribution in [2.45, 2.75) is 50.8 Å². The first-order valence-corrected chi connectivity index (χ1v) is 11.4. The van der Waals surface area contributed by atoms with Crippen molar-refractivity contribution >= 4 is 21.5 Å². The van der Waals surface area contributed by atoms with Crippen molar-refractivity contribution in [1.82, 2.24) is 20.2 Å². The van der Waals surface area contributed by atoms with Gasteiger partial charge in [0.15, 0.2) is 15.4 Å². The molecular formula is C18H25N5O4S. The lowest BCUT2D eigenvalue weighted by atomic mass is 9.88. The highest BCUT2D eigenvalue weighted by molar-refractivity contribution is 7.91. The molecular weight excluding hydrogens is 382 g/mol. The fraction of sp³-hybridized carbons (Fsp3) is 0.667. The molecule has 0 unspecified atom stereocenters. The van der Waals surface area contributed by atoms with E-state index in [1.54, 1.807) is 12.4 Å². The number of aromatic nitrogens is 2. The summed E-state index contributed by atoms with van der Waals surface area (Å²) in [6.45, 7) is 4.20. The molecule has 0 radical (unpaired) electrons. The maximum Gasteiger partial charge on any atom is 0.269 e. The molecule has 0 bridgehead atoms. The van der Waals surface area contributed by atoms with Gasteiger partial charge in [-0.05, 0) is 32.7 Å². The Hall–Kier alpha value is -2.07. The van der Waals surface area contributed by atoms with Gasteiger partial charge in [-0.15, -0.1) is 0 Å². The summed E-state index contributed by atoms with van der Waals surface area (Å²) in [7, 11) is -3.04. The average Bonchev–Trinajstić information content (AvgIpc) is 3.18. The number of nitrogens with zero attached hydrogens (tertiary/aromatic N) is 4. The zero-order valence-corrected chi connectivity index (χ0v) is 16.7. The Kier molecular flexibility index (Phi) is 5.09. The average molecular weight is 407 g/mol. The first-order chi connectivity index (χ1) is 13.3. The van der Waals surface area contributed by atoms with E-state index < -0.39 is 15.4 Å². The van der Waals surface area contributed by atoms with Crippen molar-refractivity contribution in [3.05, 3.63) is 23.8 Å². The fourth-order valence-corrected chi connectivity index (χ4v) is 5.86. The molecule has 0 saturated carbocycles. The van der Waals surface area contributed by atoms with E-state index in [1.807, 2.05) is 6.92 Å². The van der Waals surface area contributed by atoms with Crippen LogP contribution in [0.4, 0.5) is 0 Å². The van der Waals surface area contributed by atoms with Gasteiger partial charge in [-0.2, -0.15) is 0 Å². The number of carbonyl (C=O) groups is 1. The second-order valence-electron chi connectivity index (χ2n) is 8.03. The maximum atomic E-state index is 12.5. The number of oxime groups is 1. The highest BCUT2D eigenvalue weighted by Gasteiger charge is 2.45. The summed E-state index contributed by atoms with van der Waals surface area (Å²) in [5.74, 6) is -0.189. The van der Waals surface area contributed by atoms with E-state index in [2.05, 4.69) is 25.3 Å². The number of carbonyl (C=O) groups excluding carboxylic acids is 1. The molecule has 1 aromatic rings. The quantitative estimate of drug-likeness (QED) is 0.758. The fourth-order valence-electron chi connectivity index (χ4n) is 4.19. The molecule has 1 spiro atoms. The third-order valence-electron chi connectivity index (χ3n) is 5.48. The lowest BCUT2D eigenvalue weighted by molar-refractivity contribution is -0.115. The van der Waals surface area contributed by atoms with Crippen LogP contribution in [0.1, 0.15) is 37.1 Å². The van der Waals surface area contributed by atoms with Crippen molar-refractivity contribution in [3.8, 4) is 0 Å². The second kappa shape index (κ2) is 7.40. The van der Waals surface area contributed by atoms with E-state index in [4.69, 9.17) is 4.84 Å². The van der Waals surface area contributed by atoms with Gasteiger partial charge in [-0.25, -0.2) is 8.42 Å². The molecule has 1 aromatic heterocycles. The van der Waals surface area contributed by atoms with Crippen LogP contribution < -0.4 is 5.32 Å². The van der Waals surface area contributed by atoms with E-state index in [0.29, 0.717) is 31.6 Å². The minimum absolute atomic E-state index is 0.00330. The monoisotopic (exact) mass is 407 g/mol. The van der Waals surface area contributed by atoms with Crippen LogP contribution in [0.25, 0.3) is 0 Å². The number of hydrogen-bond donors (Lipinski definition) is 1. The molecule has 1 N–H and O–H groups in total. The minimum atomic E-state index is -3.04. The van der Waals surface area contributed by atoms with Gasteiger partial charge < -0.3 is 10.2 Å². The zero-order chi connectivity index (χ0) is 19.8. The predicted octanol–water partition coefficient (Wildman–Crippen LogP) is 0.199. The van der Waals surface area contributed by atoms with E-state index >= 15 is 0 Å². The number of hydrogen-bond acceptors (Lipinski definition) is 8. The summed E-state index contributed by atoms with van der Waals surface area (Å²) in [4.78, 5) is 29.2. The van der Waals surface area contributed by atoms with Gasteiger partial charge in [0.1, 0.15) is 5.71 Å². The van der Waals surface area contributed by atoms with Crippen LogP contribution in [-0.4, -0.2) is 71.1 Å². The standard InChI is InChI=1S/C18H25N5O4S/c1-13-8-19-9-15(20-13)10-23-5-2-4-18(12-23)7-16(22-27-18)17(24)21-14-3-6-28(25,26)11-14/h8-9,14H,2-7,10-12H2,1H3,(H,21,24)/t14-,18+/m1/s1.